The molecule has 0 radical (unpaired) electrons. The SMILES string of the molecule is CN(CCCC(=O)O)C(=O)c1c(F)cc(F)cc1F. The Kier molecular flexibility index (Phi) is 4.91. The van der Waals surface area contributed by atoms with Gasteiger partial charge >= 0.3 is 5.97 Å². The molecule has 0 saturated heterocycles. The molecule has 0 atom stereocenters. The minimum absolute atomic E-state index is 0.0292. The Labute approximate surface area is 107 Å². The maximum Gasteiger partial charge on any atom is 0.303 e. The summed E-state index contributed by atoms with van der Waals surface area (Å²) in [6, 6.07) is 0.836. The molecule has 1 aromatic rings. The molecule has 1 aromatic carbocycles. The molecule has 1 N–H and O–H groups in total. The number of carboxylic acid groups (broad SMARTS) is 1. The van der Waals surface area contributed by atoms with Crippen LogP contribution in [0.25, 0.3) is 0 Å². The molecule has 0 unspecified atom stereocenters. The van der Waals surface area contributed by atoms with Gasteiger partial charge in [-0.3, -0.25) is 9.59 Å². The van der Waals surface area contributed by atoms with Gasteiger partial charge in [0.25, 0.3) is 5.91 Å². The zero-order valence-electron chi connectivity index (χ0n) is 10.1. The summed E-state index contributed by atoms with van der Waals surface area (Å²) in [6.45, 7) is 0.0292. The third-order valence-electron chi connectivity index (χ3n) is 2.45. The molecule has 0 spiro atoms. The number of carbonyl (C=O) groups is 2. The van der Waals surface area contributed by atoms with E-state index in [9.17, 15) is 22.8 Å². The Bertz CT molecular complexity index is 482. The van der Waals surface area contributed by atoms with Gasteiger partial charge in [0.1, 0.15) is 23.0 Å². The van der Waals surface area contributed by atoms with E-state index in [1.54, 1.807) is 0 Å². The quantitative estimate of drug-likeness (QED) is 0.894. The van der Waals surface area contributed by atoms with Crippen molar-refractivity contribution < 1.29 is 27.9 Å². The van der Waals surface area contributed by atoms with Gasteiger partial charge in [0.15, 0.2) is 0 Å². The topological polar surface area (TPSA) is 57.6 Å². The van der Waals surface area contributed by atoms with Crippen LogP contribution in [-0.2, 0) is 4.79 Å². The van der Waals surface area contributed by atoms with Crippen molar-refractivity contribution in [2.75, 3.05) is 13.6 Å². The summed E-state index contributed by atoms with van der Waals surface area (Å²) in [5.41, 5.74) is -0.848. The van der Waals surface area contributed by atoms with E-state index >= 15 is 0 Å². The molecule has 4 nitrogen and oxygen atoms in total. The highest BCUT2D eigenvalue weighted by atomic mass is 19.1. The molecule has 0 aliphatic carbocycles. The Morgan fingerprint density at radius 2 is 1.74 bits per heavy atom. The number of hydrogen-bond donors (Lipinski definition) is 1. The molecule has 0 bridgehead atoms. The largest absolute Gasteiger partial charge is 0.481 e. The number of halogens is 3. The second-order valence-corrected chi connectivity index (χ2v) is 3.97. The van der Waals surface area contributed by atoms with Gasteiger partial charge < -0.3 is 10.0 Å². The molecule has 0 aliphatic rings. The average Bonchev–Trinajstić information content (AvgIpc) is 2.26. The van der Waals surface area contributed by atoms with Crippen LogP contribution in [-0.4, -0.2) is 35.5 Å². The highest BCUT2D eigenvalue weighted by Gasteiger charge is 2.22. The van der Waals surface area contributed by atoms with Gasteiger partial charge in [-0.05, 0) is 6.42 Å². The summed E-state index contributed by atoms with van der Waals surface area (Å²) in [7, 11) is 1.28. The Morgan fingerprint density at radius 1 is 1.21 bits per heavy atom. The summed E-state index contributed by atoms with van der Waals surface area (Å²) < 4.78 is 39.4. The monoisotopic (exact) mass is 275 g/mol. The van der Waals surface area contributed by atoms with Gasteiger partial charge in [0.05, 0.1) is 0 Å². The molecule has 1 amide bonds. The van der Waals surface area contributed by atoms with Crippen molar-refractivity contribution in [1.29, 1.82) is 0 Å². The number of carbonyl (C=O) groups excluding carboxylic acids is 1. The van der Waals surface area contributed by atoms with Gasteiger partial charge in [0.2, 0.25) is 0 Å². The van der Waals surface area contributed by atoms with E-state index in [4.69, 9.17) is 5.11 Å². The van der Waals surface area contributed by atoms with Gasteiger partial charge in [0, 0.05) is 32.1 Å². The van der Waals surface area contributed by atoms with Crippen LogP contribution in [0.5, 0.6) is 0 Å². The number of carboxylic acids is 1. The van der Waals surface area contributed by atoms with Gasteiger partial charge in [-0.1, -0.05) is 0 Å². The van der Waals surface area contributed by atoms with Crippen LogP contribution in [0.3, 0.4) is 0 Å². The smallest absolute Gasteiger partial charge is 0.303 e. The lowest BCUT2D eigenvalue weighted by molar-refractivity contribution is -0.137. The fourth-order valence-corrected chi connectivity index (χ4v) is 1.51. The van der Waals surface area contributed by atoms with Crippen LogP contribution in [0.15, 0.2) is 12.1 Å². The first-order valence-electron chi connectivity index (χ1n) is 5.44. The predicted octanol–water partition coefficient (Wildman–Crippen LogP) is 2.04. The van der Waals surface area contributed by atoms with Gasteiger partial charge in [-0.25, -0.2) is 13.2 Å². The molecule has 1 rings (SSSR count). The van der Waals surface area contributed by atoms with Crippen LogP contribution in [0, 0.1) is 17.5 Å². The summed E-state index contributed by atoms with van der Waals surface area (Å²) in [5, 5.41) is 8.44. The van der Waals surface area contributed by atoms with Gasteiger partial charge in [-0.15, -0.1) is 0 Å². The number of rotatable bonds is 5. The van der Waals surface area contributed by atoms with Crippen molar-refractivity contribution in [2.45, 2.75) is 12.8 Å². The number of nitrogens with zero attached hydrogens (tertiary/aromatic N) is 1. The number of amides is 1. The molecule has 104 valence electrons. The summed E-state index contributed by atoms with van der Waals surface area (Å²) in [5.74, 6) is -5.67. The third kappa shape index (κ3) is 3.97. The zero-order chi connectivity index (χ0) is 14.6. The first-order valence-corrected chi connectivity index (χ1v) is 5.44. The van der Waals surface area contributed by atoms with Crippen LogP contribution in [0.1, 0.15) is 23.2 Å². The molecule has 0 fully saturated rings. The molecule has 0 aromatic heterocycles. The Morgan fingerprint density at radius 3 is 2.21 bits per heavy atom. The standard InChI is InChI=1S/C12H12F3NO3/c1-16(4-2-3-10(17)18)12(19)11-8(14)5-7(13)6-9(11)15/h5-6H,2-4H2,1H3,(H,17,18). The number of hydrogen-bond acceptors (Lipinski definition) is 2. The molecule has 0 saturated carbocycles. The maximum atomic E-state index is 13.4. The first kappa shape index (κ1) is 15.0. The summed E-state index contributed by atoms with van der Waals surface area (Å²) in [4.78, 5) is 23.0. The van der Waals surface area contributed by atoms with E-state index in [2.05, 4.69) is 0 Å². The minimum Gasteiger partial charge on any atom is -0.481 e. The minimum atomic E-state index is -1.28. The van der Waals surface area contributed by atoms with E-state index in [-0.39, 0.29) is 19.4 Å². The Hall–Kier alpha value is -2.05. The van der Waals surface area contributed by atoms with Crippen molar-refractivity contribution in [2.24, 2.45) is 0 Å². The normalized spacial score (nSPS) is 10.3. The van der Waals surface area contributed by atoms with E-state index in [1.165, 1.54) is 7.05 Å². The lowest BCUT2D eigenvalue weighted by Crippen LogP contribution is -2.29. The van der Waals surface area contributed by atoms with E-state index in [0.717, 1.165) is 4.90 Å². The lowest BCUT2D eigenvalue weighted by Gasteiger charge is -2.17. The zero-order valence-corrected chi connectivity index (χ0v) is 10.1. The van der Waals surface area contributed by atoms with Crippen LogP contribution in [0.4, 0.5) is 13.2 Å². The second-order valence-electron chi connectivity index (χ2n) is 3.97. The van der Waals surface area contributed by atoms with Crippen molar-refractivity contribution in [3.8, 4) is 0 Å². The van der Waals surface area contributed by atoms with E-state index in [1.807, 2.05) is 0 Å². The number of aliphatic carboxylic acids is 1. The first-order chi connectivity index (χ1) is 8.82. The summed E-state index contributed by atoms with van der Waals surface area (Å²) >= 11 is 0. The molecule has 19 heavy (non-hydrogen) atoms. The molecule has 7 heteroatoms. The van der Waals surface area contributed by atoms with Gasteiger partial charge in [-0.2, -0.15) is 0 Å². The van der Waals surface area contributed by atoms with E-state index in [0.29, 0.717) is 12.1 Å². The van der Waals surface area contributed by atoms with Crippen LogP contribution >= 0.6 is 0 Å². The average molecular weight is 275 g/mol. The van der Waals surface area contributed by atoms with Crippen molar-refractivity contribution in [3.63, 3.8) is 0 Å². The Balaban J connectivity index is 2.80. The fourth-order valence-electron chi connectivity index (χ4n) is 1.51. The number of benzene rings is 1. The molecular formula is C12H12F3NO3. The van der Waals surface area contributed by atoms with E-state index < -0.39 is 34.9 Å². The van der Waals surface area contributed by atoms with Crippen LogP contribution in [0.2, 0.25) is 0 Å². The molecule has 0 heterocycles. The van der Waals surface area contributed by atoms with Crippen molar-refractivity contribution in [3.05, 3.63) is 35.1 Å². The third-order valence-corrected chi connectivity index (χ3v) is 2.45. The van der Waals surface area contributed by atoms with Crippen molar-refractivity contribution in [1.82, 2.24) is 4.90 Å². The fraction of sp³-hybridized carbons (Fsp3) is 0.333. The lowest BCUT2D eigenvalue weighted by atomic mass is 10.1. The second kappa shape index (κ2) is 6.21. The molecule has 0 aliphatic heterocycles. The molecular weight excluding hydrogens is 263 g/mol. The van der Waals surface area contributed by atoms with Crippen molar-refractivity contribution >= 4 is 11.9 Å². The van der Waals surface area contributed by atoms with Crippen LogP contribution < -0.4 is 0 Å². The highest BCUT2D eigenvalue weighted by Crippen LogP contribution is 2.16. The summed E-state index contributed by atoms with van der Waals surface area (Å²) in [6.07, 6.45) is -0.00594. The maximum absolute atomic E-state index is 13.4. The highest BCUT2D eigenvalue weighted by molar-refractivity contribution is 5.94. The predicted molar refractivity (Wildman–Crippen MR) is 60.1 cm³/mol.